The molecule has 4 rings (SSSR count). The van der Waals surface area contributed by atoms with Gasteiger partial charge in [-0.1, -0.05) is 60.1 Å². The van der Waals surface area contributed by atoms with Crippen LogP contribution in [-0.4, -0.2) is 4.98 Å². The fraction of sp³-hybridized carbons (Fsp3) is 0.150. The van der Waals surface area contributed by atoms with Crippen LogP contribution in [0, 0.1) is 0 Å². The third-order valence-electron chi connectivity index (χ3n) is 4.56. The first kappa shape index (κ1) is 14.5. The van der Waals surface area contributed by atoms with Gasteiger partial charge in [0.05, 0.1) is 5.69 Å². The molecule has 0 atom stereocenters. The van der Waals surface area contributed by atoms with Crippen LogP contribution in [0.5, 0.6) is 0 Å². The van der Waals surface area contributed by atoms with Gasteiger partial charge in [-0.3, -0.25) is 4.90 Å². The summed E-state index contributed by atoms with van der Waals surface area (Å²) in [4.78, 5) is 6.96. The number of hydrogen-bond donors (Lipinski definition) is 0. The minimum absolute atomic E-state index is 0.0668. The molecule has 0 unspecified atom stereocenters. The van der Waals surface area contributed by atoms with Crippen LogP contribution in [0.2, 0.25) is 0 Å². The van der Waals surface area contributed by atoms with Crippen molar-refractivity contribution in [1.29, 1.82) is 0 Å². The standard InChI is InChI=1S/C20H17BrN2/c1-20(2)16-9-3-4-11-18(16)23(15-8-5-7-14(21)13-15)19-17(20)10-6-12-22-19/h3-13H,1-2H3. The van der Waals surface area contributed by atoms with E-state index in [1.54, 1.807) is 0 Å². The maximum absolute atomic E-state index is 4.71. The molecule has 1 aliphatic rings. The highest BCUT2D eigenvalue weighted by Crippen LogP contribution is 2.50. The Morgan fingerprint density at radius 2 is 1.70 bits per heavy atom. The zero-order chi connectivity index (χ0) is 16.0. The summed E-state index contributed by atoms with van der Waals surface area (Å²) in [5.74, 6) is 1.01. The molecule has 2 aromatic carbocycles. The Balaban J connectivity index is 2.04. The van der Waals surface area contributed by atoms with E-state index in [9.17, 15) is 0 Å². The second-order valence-electron chi connectivity index (χ2n) is 6.33. The van der Waals surface area contributed by atoms with E-state index in [1.165, 1.54) is 16.8 Å². The van der Waals surface area contributed by atoms with Crippen LogP contribution in [0.4, 0.5) is 17.2 Å². The lowest BCUT2D eigenvalue weighted by atomic mass is 9.74. The van der Waals surface area contributed by atoms with Crippen molar-refractivity contribution >= 4 is 33.1 Å². The van der Waals surface area contributed by atoms with E-state index in [1.807, 2.05) is 18.3 Å². The molecule has 3 aromatic rings. The van der Waals surface area contributed by atoms with E-state index in [0.717, 1.165) is 16.0 Å². The number of hydrogen-bond acceptors (Lipinski definition) is 2. The van der Waals surface area contributed by atoms with Crippen LogP contribution in [-0.2, 0) is 5.41 Å². The molecule has 0 saturated carbocycles. The summed E-state index contributed by atoms with van der Waals surface area (Å²) in [7, 11) is 0. The molecule has 1 aromatic heterocycles. The molecule has 2 heterocycles. The van der Waals surface area contributed by atoms with Crippen molar-refractivity contribution in [3.63, 3.8) is 0 Å². The van der Waals surface area contributed by atoms with E-state index in [2.05, 4.69) is 83.2 Å². The van der Waals surface area contributed by atoms with Gasteiger partial charge in [0.1, 0.15) is 5.82 Å². The minimum Gasteiger partial charge on any atom is -0.294 e. The number of fused-ring (bicyclic) bond motifs is 2. The molecule has 0 bridgehead atoms. The Bertz CT molecular complexity index is 837. The third-order valence-corrected chi connectivity index (χ3v) is 5.05. The predicted molar refractivity (Wildman–Crippen MR) is 98.7 cm³/mol. The lowest BCUT2D eigenvalue weighted by molar-refractivity contribution is 0.627. The summed E-state index contributed by atoms with van der Waals surface area (Å²) in [6.07, 6.45) is 1.87. The molecule has 0 aliphatic carbocycles. The normalized spacial score (nSPS) is 15.0. The van der Waals surface area contributed by atoms with Crippen LogP contribution in [0.15, 0.2) is 71.3 Å². The van der Waals surface area contributed by atoms with E-state index < -0.39 is 0 Å². The van der Waals surface area contributed by atoms with Gasteiger partial charge in [-0.15, -0.1) is 0 Å². The number of benzene rings is 2. The highest BCUT2D eigenvalue weighted by Gasteiger charge is 2.37. The lowest BCUT2D eigenvalue weighted by Gasteiger charge is -2.40. The highest BCUT2D eigenvalue weighted by molar-refractivity contribution is 9.10. The Morgan fingerprint density at radius 3 is 2.52 bits per heavy atom. The topological polar surface area (TPSA) is 16.1 Å². The molecule has 0 N–H and O–H groups in total. The molecule has 0 fully saturated rings. The van der Waals surface area contributed by atoms with E-state index in [-0.39, 0.29) is 5.41 Å². The Hall–Kier alpha value is -2.13. The second-order valence-corrected chi connectivity index (χ2v) is 7.25. The monoisotopic (exact) mass is 364 g/mol. The molecule has 0 radical (unpaired) electrons. The fourth-order valence-electron chi connectivity index (χ4n) is 3.40. The van der Waals surface area contributed by atoms with Crippen molar-refractivity contribution in [2.24, 2.45) is 0 Å². The average molecular weight is 365 g/mol. The third kappa shape index (κ3) is 2.19. The molecule has 3 heteroatoms. The second kappa shape index (κ2) is 5.20. The van der Waals surface area contributed by atoms with Crippen LogP contribution < -0.4 is 4.90 Å². The van der Waals surface area contributed by atoms with Gasteiger partial charge < -0.3 is 0 Å². The van der Waals surface area contributed by atoms with Crippen LogP contribution in [0.25, 0.3) is 0 Å². The molecule has 1 aliphatic heterocycles. The van der Waals surface area contributed by atoms with Gasteiger partial charge in [0, 0.05) is 27.3 Å². The van der Waals surface area contributed by atoms with Crippen LogP contribution in [0.1, 0.15) is 25.0 Å². The zero-order valence-electron chi connectivity index (χ0n) is 13.1. The molecular formula is C20H17BrN2. The maximum Gasteiger partial charge on any atom is 0.141 e. The quantitative estimate of drug-likeness (QED) is 0.529. The number of aromatic nitrogens is 1. The molecular weight excluding hydrogens is 348 g/mol. The van der Waals surface area contributed by atoms with Gasteiger partial charge in [-0.05, 0) is 35.9 Å². The zero-order valence-corrected chi connectivity index (χ0v) is 14.7. The van der Waals surface area contributed by atoms with Gasteiger partial charge in [-0.25, -0.2) is 4.98 Å². The predicted octanol–water partition coefficient (Wildman–Crippen LogP) is 5.95. The van der Waals surface area contributed by atoms with Gasteiger partial charge in [0.15, 0.2) is 0 Å². The Labute approximate surface area is 144 Å². The van der Waals surface area contributed by atoms with Crippen molar-refractivity contribution in [3.05, 3.63) is 82.5 Å². The van der Waals surface area contributed by atoms with Gasteiger partial charge >= 0.3 is 0 Å². The maximum atomic E-state index is 4.71. The van der Waals surface area contributed by atoms with E-state index in [0.29, 0.717) is 0 Å². The molecule has 0 saturated heterocycles. The SMILES string of the molecule is CC1(C)c2ccccc2N(c2cccc(Br)c2)c2ncccc21. The fourth-order valence-corrected chi connectivity index (χ4v) is 3.78. The van der Waals surface area contributed by atoms with Crippen LogP contribution in [0.3, 0.4) is 0 Å². The number of anilines is 3. The van der Waals surface area contributed by atoms with Gasteiger partial charge in [0.25, 0.3) is 0 Å². The summed E-state index contributed by atoms with van der Waals surface area (Å²) in [6.45, 7) is 4.54. The summed E-state index contributed by atoms with van der Waals surface area (Å²) in [5, 5.41) is 0. The van der Waals surface area contributed by atoms with Crippen molar-refractivity contribution < 1.29 is 0 Å². The largest absolute Gasteiger partial charge is 0.294 e. The van der Waals surface area contributed by atoms with Crippen molar-refractivity contribution in [1.82, 2.24) is 4.98 Å². The number of nitrogens with zero attached hydrogens (tertiary/aromatic N) is 2. The first-order valence-corrected chi connectivity index (χ1v) is 8.49. The Kier molecular flexibility index (Phi) is 3.27. The van der Waals surface area contributed by atoms with Gasteiger partial charge in [-0.2, -0.15) is 0 Å². The van der Waals surface area contributed by atoms with Gasteiger partial charge in [0.2, 0.25) is 0 Å². The molecule has 114 valence electrons. The highest BCUT2D eigenvalue weighted by atomic mass is 79.9. The molecule has 0 amide bonds. The van der Waals surface area contributed by atoms with E-state index in [4.69, 9.17) is 4.98 Å². The summed E-state index contributed by atoms with van der Waals surface area (Å²) >= 11 is 3.58. The molecule has 23 heavy (non-hydrogen) atoms. The molecule has 2 nitrogen and oxygen atoms in total. The summed E-state index contributed by atoms with van der Waals surface area (Å²) in [5.41, 5.74) is 4.81. The number of pyridine rings is 1. The summed E-state index contributed by atoms with van der Waals surface area (Å²) in [6, 6.07) is 21.2. The first-order valence-electron chi connectivity index (χ1n) is 7.70. The van der Waals surface area contributed by atoms with Crippen LogP contribution >= 0.6 is 15.9 Å². The molecule has 0 spiro atoms. The van der Waals surface area contributed by atoms with Crippen molar-refractivity contribution in [3.8, 4) is 0 Å². The number of para-hydroxylation sites is 1. The number of halogens is 1. The smallest absolute Gasteiger partial charge is 0.141 e. The van der Waals surface area contributed by atoms with E-state index >= 15 is 0 Å². The van der Waals surface area contributed by atoms with Crippen molar-refractivity contribution in [2.45, 2.75) is 19.3 Å². The lowest BCUT2D eigenvalue weighted by Crippen LogP contribution is -2.31. The summed E-state index contributed by atoms with van der Waals surface area (Å²) < 4.78 is 1.06. The number of rotatable bonds is 1. The first-order chi connectivity index (χ1) is 11.1. The minimum atomic E-state index is -0.0668. The average Bonchev–Trinajstić information content (AvgIpc) is 2.55. The Morgan fingerprint density at radius 1 is 0.913 bits per heavy atom. The van der Waals surface area contributed by atoms with Crippen molar-refractivity contribution in [2.75, 3.05) is 4.90 Å².